The number of aliphatic hydroxyl groups excluding tert-OH is 1. The van der Waals surface area contributed by atoms with Crippen molar-refractivity contribution in [3.05, 3.63) is 0 Å². The van der Waals surface area contributed by atoms with Crippen LogP contribution in [0.1, 0.15) is 6.92 Å². The zero-order valence-electron chi connectivity index (χ0n) is 6.15. The number of hydrogen-bond acceptors (Lipinski definition) is 3. The largest absolute Gasteiger partial charge is 0.392 e. The molecule has 0 aromatic rings. The fraction of sp³-hybridized carbons (Fsp3) is 1.00. The first kappa shape index (κ1) is 8.88. The van der Waals surface area contributed by atoms with Gasteiger partial charge in [-0.1, -0.05) is 0 Å². The van der Waals surface area contributed by atoms with Crippen molar-refractivity contribution < 1.29 is 5.11 Å². The van der Waals surface area contributed by atoms with E-state index in [-0.39, 0.29) is 6.10 Å². The van der Waals surface area contributed by atoms with E-state index in [4.69, 9.17) is 5.11 Å². The molecule has 0 saturated heterocycles. The van der Waals surface area contributed by atoms with E-state index in [2.05, 4.69) is 10.6 Å². The van der Waals surface area contributed by atoms with Crippen LogP contribution in [0.15, 0.2) is 0 Å². The van der Waals surface area contributed by atoms with Crippen molar-refractivity contribution in [1.82, 2.24) is 10.6 Å². The molecule has 0 aliphatic heterocycles. The Hall–Kier alpha value is -0.120. The lowest BCUT2D eigenvalue weighted by atomic mass is 10.4. The molecule has 3 nitrogen and oxygen atoms in total. The summed E-state index contributed by atoms with van der Waals surface area (Å²) in [4.78, 5) is 0. The normalized spacial score (nSPS) is 13.7. The van der Waals surface area contributed by atoms with Gasteiger partial charge in [0, 0.05) is 19.6 Å². The average molecular weight is 132 g/mol. The third-order valence-corrected chi connectivity index (χ3v) is 0.992. The van der Waals surface area contributed by atoms with Gasteiger partial charge in [-0.3, -0.25) is 0 Å². The standard InChI is InChI=1S/C6H16N2O/c1-6(9)5-8-4-3-7-2/h6-9H,3-5H2,1-2H3/t6-/m1/s1. The molecule has 0 spiro atoms. The smallest absolute Gasteiger partial charge is 0.0636 e. The van der Waals surface area contributed by atoms with Crippen molar-refractivity contribution >= 4 is 0 Å². The maximum atomic E-state index is 8.77. The second-order valence-electron chi connectivity index (χ2n) is 2.16. The Morgan fingerprint density at radius 1 is 1.44 bits per heavy atom. The van der Waals surface area contributed by atoms with Crippen LogP contribution in [0.2, 0.25) is 0 Å². The zero-order valence-corrected chi connectivity index (χ0v) is 6.15. The molecule has 0 radical (unpaired) electrons. The molecule has 0 aromatic carbocycles. The van der Waals surface area contributed by atoms with Crippen LogP contribution in [0.3, 0.4) is 0 Å². The molecule has 0 amide bonds. The van der Waals surface area contributed by atoms with E-state index in [0.29, 0.717) is 6.54 Å². The van der Waals surface area contributed by atoms with Crippen LogP contribution in [0.4, 0.5) is 0 Å². The van der Waals surface area contributed by atoms with Gasteiger partial charge in [0.2, 0.25) is 0 Å². The summed E-state index contributed by atoms with van der Waals surface area (Å²) in [6.07, 6.45) is -0.234. The Morgan fingerprint density at radius 2 is 2.11 bits per heavy atom. The molecular weight excluding hydrogens is 116 g/mol. The van der Waals surface area contributed by atoms with Crippen LogP contribution in [0.25, 0.3) is 0 Å². The van der Waals surface area contributed by atoms with E-state index in [1.54, 1.807) is 6.92 Å². The van der Waals surface area contributed by atoms with Crippen molar-refractivity contribution in [3.63, 3.8) is 0 Å². The second-order valence-corrected chi connectivity index (χ2v) is 2.16. The second kappa shape index (κ2) is 6.01. The summed E-state index contributed by atoms with van der Waals surface area (Å²) in [5, 5.41) is 14.8. The molecule has 0 aromatic heterocycles. The average Bonchev–Trinajstić information content (AvgIpc) is 1.80. The van der Waals surface area contributed by atoms with Gasteiger partial charge in [0.1, 0.15) is 0 Å². The Labute approximate surface area is 56.5 Å². The van der Waals surface area contributed by atoms with Gasteiger partial charge in [-0.05, 0) is 14.0 Å². The highest BCUT2D eigenvalue weighted by atomic mass is 16.3. The maximum Gasteiger partial charge on any atom is 0.0636 e. The molecule has 0 aliphatic rings. The number of aliphatic hydroxyl groups is 1. The highest BCUT2D eigenvalue weighted by molar-refractivity contribution is 4.52. The van der Waals surface area contributed by atoms with Crippen molar-refractivity contribution in [3.8, 4) is 0 Å². The molecule has 0 aliphatic carbocycles. The minimum atomic E-state index is -0.234. The summed E-state index contributed by atoms with van der Waals surface area (Å²) >= 11 is 0. The summed E-state index contributed by atoms with van der Waals surface area (Å²) in [5.74, 6) is 0. The van der Waals surface area contributed by atoms with Crippen LogP contribution in [-0.2, 0) is 0 Å². The van der Waals surface area contributed by atoms with Gasteiger partial charge in [0.05, 0.1) is 6.10 Å². The van der Waals surface area contributed by atoms with Crippen LogP contribution in [0, 0.1) is 0 Å². The number of likely N-dealkylation sites (N-methyl/N-ethyl adjacent to an activating group) is 1. The maximum absolute atomic E-state index is 8.77. The van der Waals surface area contributed by atoms with Gasteiger partial charge in [-0.15, -0.1) is 0 Å². The number of rotatable bonds is 5. The summed E-state index contributed by atoms with van der Waals surface area (Å²) < 4.78 is 0. The third kappa shape index (κ3) is 7.88. The first-order chi connectivity index (χ1) is 4.27. The topological polar surface area (TPSA) is 44.3 Å². The quantitative estimate of drug-likeness (QED) is 0.428. The molecule has 9 heavy (non-hydrogen) atoms. The lowest BCUT2D eigenvalue weighted by Crippen LogP contribution is -2.30. The van der Waals surface area contributed by atoms with Crippen molar-refractivity contribution in [1.29, 1.82) is 0 Å². The molecule has 0 unspecified atom stereocenters. The molecule has 3 N–H and O–H groups in total. The van der Waals surface area contributed by atoms with Crippen molar-refractivity contribution in [2.45, 2.75) is 13.0 Å². The Kier molecular flexibility index (Phi) is 5.93. The Balaban J connectivity index is 2.75. The van der Waals surface area contributed by atoms with Gasteiger partial charge in [-0.2, -0.15) is 0 Å². The molecule has 0 rings (SSSR count). The van der Waals surface area contributed by atoms with Gasteiger partial charge in [-0.25, -0.2) is 0 Å². The van der Waals surface area contributed by atoms with Gasteiger partial charge >= 0.3 is 0 Å². The zero-order chi connectivity index (χ0) is 7.11. The molecule has 56 valence electrons. The van der Waals surface area contributed by atoms with Crippen molar-refractivity contribution in [2.75, 3.05) is 26.7 Å². The first-order valence-electron chi connectivity index (χ1n) is 3.30. The fourth-order valence-electron chi connectivity index (χ4n) is 0.524. The summed E-state index contributed by atoms with van der Waals surface area (Å²) in [6, 6.07) is 0. The van der Waals surface area contributed by atoms with Crippen LogP contribution >= 0.6 is 0 Å². The lowest BCUT2D eigenvalue weighted by molar-refractivity contribution is 0.191. The third-order valence-electron chi connectivity index (χ3n) is 0.992. The number of nitrogens with one attached hydrogen (secondary N) is 2. The van der Waals surface area contributed by atoms with E-state index in [1.807, 2.05) is 7.05 Å². The molecule has 1 atom stereocenters. The monoisotopic (exact) mass is 132 g/mol. The molecule has 0 bridgehead atoms. The lowest BCUT2D eigenvalue weighted by Gasteiger charge is -2.04. The van der Waals surface area contributed by atoms with Gasteiger partial charge in [0.15, 0.2) is 0 Å². The van der Waals surface area contributed by atoms with Gasteiger partial charge in [0.25, 0.3) is 0 Å². The molecule has 0 fully saturated rings. The van der Waals surface area contributed by atoms with E-state index in [9.17, 15) is 0 Å². The molecule has 0 heterocycles. The first-order valence-corrected chi connectivity index (χ1v) is 3.30. The van der Waals surface area contributed by atoms with E-state index in [0.717, 1.165) is 13.1 Å². The Bertz CT molecular complexity index is 57.0. The highest BCUT2D eigenvalue weighted by Crippen LogP contribution is 1.72. The van der Waals surface area contributed by atoms with E-state index >= 15 is 0 Å². The number of hydrogen-bond donors (Lipinski definition) is 3. The highest BCUT2D eigenvalue weighted by Gasteiger charge is 1.91. The molecule has 3 heteroatoms. The summed E-state index contributed by atoms with van der Waals surface area (Å²) in [5.41, 5.74) is 0. The van der Waals surface area contributed by atoms with Crippen LogP contribution < -0.4 is 10.6 Å². The summed E-state index contributed by atoms with van der Waals surface area (Å²) in [6.45, 7) is 4.32. The molecular formula is C6H16N2O. The van der Waals surface area contributed by atoms with Crippen LogP contribution in [0.5, 0.6) is 0 Å². The van der Waals surface area contributed by atoms with Crippen molar-refractivity contribution in [2.24, 2.45) is 0 Å². The SMILES string of the molecule is CNCCNC[C@@H](C)O. The fourth-order valence-corrected chi connectivity index (χ4v) is 0.524. The molecule has 0 saturated carbocycles. The predicted molar refractivity (Wildman–Crippen MR) is 38.5 cm³/mol. The Morgan fingerprint density at radius 3 is 2.56 bits per heavy atom. The minimum absolute atomic E-state index is 0.234. The van der Waals surface area contributed by atoms with Crippen LogP contribution in [-0.4, -0.2) is 37.9 Å². The van der Waals surface area contributed by atoms with E-state index < -0.39 is 0 Å². The van der Waals surface area contributed by atoms with E-state index in [1.165, 1.54) is 0 Å². The summed E-state index contributed by atoms with van der Waals surface area (Å²) in [7, 11) is 1.91. The minimum Gasteiger partial charge on any atom is -0.392 e. The predicted octanol–water partition coefficient (Wildman–Crippen LogP) is -0.824. The van der Waals surface area contributed by atoms with Gasteiger partial charge < -0.3 is 15.7 Å².